The number of hydrogen-bond acceptors (Lipinski definition) is 7. The summed E-state index contributed by atoms with van der Waals surface area (Å²) in [6, 6.07) is 20.8. The summed E-state index contributed by atoms with van der Waals surface area (Å²) in [5.74, 6) is 0.872. The minimum absolute atomic E-state index is 0.160. The Kier molecular flexibility index (Phi) is 8.34. The van der Waals surface area contributed by atoms with Crippen LogP contribution in [0.2, 0.25) is 0 Å². The van der Waals surface area contributed by atoms with Crippen molar-refractivity contribution in [1.29, 1.82) is 0 Å². The Balaban J connectivity index is 1.29. The molecule has 1 aliphatic heterocycles. The minimum Gasteiger partial charge on any atom is -0.406 e. The SMILES string of the molecule is CC(C)c1ccccc1C1C(=O)CCS/C1=N\N=C\c1ccc(-c2ncn(-c3ccc(OC(F)(F)F)cc3)n2)cc1. The molecule has 4 aromatic rings. The monoisotopic (exact) mass is 577 g/mol. The Morgan fingerprint density at radius 1 is 1.05 bits per heavy atom. The predicted molar refractivity (Wildman–Crippen MR) is 154 cm³/mol. The molecule has 210 valence electrons. The molecule has 0 bridgehead atoms. The van der Waals surface area contributed by atoms with Crippen molar-refractivity contribution in [3.05, 3.63) is 95.8 Å². The largest absolute Gasteiger partial charge is 0.573 e. The number of ketones is 1. The molecule has 2 heterocycles. The first kappa shape index (κ1) is 28.3. The summed E-state index contributed by atoms with van der Waals surface area (Å²) in [4.78, 5) is 17.2. The Morgan fingerprint density at radius 2 is 1.78 bits per heavy atom. The molecule has 1 aromatic heterocycles. The summed E-state index contributed by atoms with van der Waals surface area (Å²) in [5.41, 5.74) is 4.24. The van der Waals surface area contributed by atoms with E-state index < -0.39 is 12.3 Å². The summed E-state index contributed by atoms with van der Waals surface area (Å²) in [5, 5.41) is 13.9. The van der Waals surface area contributed by atoms with Crippen LogP contribution in [0.5, 0.6) is 5.75 Å². The lowest BCUT2D eigenvalue weighted by atomic mass is 9.86. The van der Waals surface area contributed by atoms with E-state index >= 15 is 0 Å². The van der Waals surface area contributed by atoms with E-state index in [0.29, 0.717) is 28.7 Å². The fourth-order valence-corrected chi connectivity index (χ4v) is 5.55. The van der Waals surface area contributed by atoms with Crippen LogP contribution in [-0.4, -0.2) is 43.9 Å². The third kappa shape index (κ3) is 6.91. The zero-order valence-electron chi connectivity index (χ0n) is 22.2. The molecule has 5 rings (SSSR count). The first-order valence-corrected chi connectivity index (χ1v) is 13.9. The maximum Gasteiger partial charge on any atom is 0.573 e. The molecule has 3 aromatic carbocycles. The summed E-state index contributed by atoms with van der Waals surface area (Å²) in [6.45, 7) is 4.23. The molecule has 0 N–H and O–H groups in total. The van der Waals surface area contributed by atoms with Crippen LogP contribution in [0.1, 0.15) is 48.8 Å². The Bertz CT molecular complexity index is 1580. The minimum atomic E-state index is -4.75. The highest BCUT2D eigenvalue weighted by Gasteiger charge is 2.33. The van der Waals surface area contributed by atoms with Crippen molar-refractivity contribution in [3.8, 4) is 22.8 Å². The second kappa shape index (κ2) is 12.1. The molecular weight excluding hydrogens is 551 g/mol. The zero-order valence-corrected chi connectivity index (χ0v) is 23.1. The predicted octanol–water partition coefficient (Wildman–Crippen LogP) is 7.18. The van der Waals surface area contributed by atoms with Crippen molar-refractivity contribution in [2.75, 3.05) is 5.75 Å². The lowest BCUT2D eigenvalue weighted by molar-refractivity contribution is -0.274. The number of aromatic nitrogens is 3. The number of thioether (sulfide) groups is 1. The lowest BCUT2D eigenvalue weighted by Gasteiger charge is -2.25. The smallest absolute Gasteiger partial charge is 0.406 e. The molecule has 41 heavy (non-hydrogen) atoms. The van der Waals surface area contributed by atoms with Crippen molar-refractivity contribution in [2.24, 2.45) is 10.2 Å². The van der Waals surface area contributed by atoms with E-state index in [-0.39, 0.29) is 17.5 Å². The van der Waals surface area contributed by atoms with Crippen molar-refractivity contribution in [3.63, 3.8) is 0 Å². The van der Waals surface area contributed by atoms with E-state index in [1.165, 1.54) is 35.3 Å². The average Bonchev–Trinajstić information content (AvgIpc) is 3.43. The van der Waals surface area contributed by atoms with Crippen LogP contribution in [0.15, 0.2) is 89.3 Å². The molecule has 11 heteroatoms. The molecule has 1 atom stereocenters. The number of hydrogen-bond donors (Lipinski definition) is 0. The van der Waals surface area contributed by atoms with Crippen LogP contribution < -0.4 is 4.74 Å². The van der Waals surface area contributed by atoms with E-state index in [0.717, 1.165) is 22.3 Å². The van der Waals surface area contributed by atoms with Gasteiger partial charge in [-0.05, 0) is 46.9 Å². The highest BCUT2D eigenvalue weighted by atomic mass is 32.2. The van der Waals surface area contributed by atoms with Gasteiger partial charge in [0, 0.05) is 17.7 Å². The van der Waals surface area contributed by atoms with Gasteiger partial charge in [0.25, 0.3) is 0 Å². The standard InChI is InChI=1S/C30H26F3N5O2S/c1-19(2)24-5-3-4-6-25(24)27-26(39)15-16-41-29(27)36-35-17-20-7-9-21(10-8-20)28-34-18-38(37-28)22-11-13-23(14-12-22)40-30(31,32)33/h3-14,17-19,27H,15-16H2,1-2H3/b35-17+,36-29-. The van der Waals surface area contributed by atoms with Gasteiger partial charge in [0.05, 0.1) is 17.8 Å². The quantitative estimate of drug-likeness (QED) is 0.172. The van der Waals surface area contributed by atoms with Gasteiger partial charge >= 0.3 is 6.36 Å². The number of ether oxygens (including phenoxy) is 1. The van der Waals surface area contributed by atoms with Gasteiger partial charge < -0.3 is 4.74 Å². The maximum absolute atomic E-state index is 12.9. The summed E-state index contributed by atoms with van der Waals surface area (Å²) in [7, 11) is 0. The molecular formula is C30H26F3N5O2S. The van der Waals surface area contributed by atoms with Gasteiger partial charge in [-0.2, -0.15) is 5.10 Å². The topological polar surface area (TPSA) is 81.7 Å². The van der Waals surface area contributed by atoms with Crippen molar-refractivity contribution < 1.29 is 22.7 Å². The normalized spacial score (nSPS) is 17.1. The fourth-order valence-electron chi connectivity index (χ4n) is 4.51. The molecule has 1 fully saturated rings. The second-order valence-corrected chi connectivity index (χ2v) is 10.8. The Labute approximate surface area is 239 Å². The third-order valence-corrected chi connectivity index (χ3v) is 7.48. The number of benzene rings is 3. The Morgan fingerprint density at radius 3 is 2.49 bits per heavy atom. The number of Topliss-reactive ketones (excluding diaryl/α,β-unsaturated/α-hetero) is 1. The van der Waals surface area contributed by atoms with Crippen LogP contribution in [0.25, 0.3) is 17.1 Å². The number of rotatable bonds is 7. The lowest BCUT2D eigenvalue weighted by Crippen LogP contribution is -2.26. The Hall–Kier alpha value is -4.25. The molecule has 1 aliphatic rings. The fraction of sp³-hybridized carbons (Fsp3) is 0.233. The molecule has 0 aliphatic carbocycles. The molecule has 0 amide bonds. The van der Waals surface area contributed by atoms with Gasteiger partial charge in [-0.3, -0.25) is 4.79 Å². The van der Waals surface area contributed by atoms with Crippen molar-refractivity contribution >= 4 is 28.8 Å². The first-order chi connectivity index (χ1) is 19.7. The van der Waals surface area contributed by atoms with Gasteiger partial charge in [-0.1, -0.05) is 62.4 Å². The van der Waals surface area contributed by atoms with Crippen LogP contribution in [0.3, 0.4) is 0 Å². The molecule has 1 unspecified atom stereocenters. The summed E-state index contributed by atoms with van der Waals surface area (Å²) >= 11 is 1.57. The van der Waals surface area contributed by atoms with Gasteiger partial charge in [0.15, 0.2) is 5.82 Å². The van der Waals surface area contributed by atoms with E-state index in [1.807, 2.05) is 42.5 Å². The summed E-state index contributed by atoms with van der Waals surface area (Å²) < 4.78 is 42.5. The summed E-state index contributed by atoms with van der Waals surface area (Å²) in [6.07, 6.45) is -1.12. The van der Waals surface area contributed by atoms with Crippen molar-refractivity contribution in [1.82, 2.24) is 14.8 Å². The molecule has 0 radical (unpaired) electrons. The van der Waals surface area contributed by atoms with Gasteiger partial charge in [0.1, 0.15) is 22.9 Å². The number of carbonyl (C=O) groups excluding carboxylic acids is 1. The highest BCUT2D eigenvalue weighted by Crippen LogP contribution is 2.35. The highest BCUT2D eigenvalue weighted by molar-refractivity contribution is 8.14. The van der Waals surface area contributed by atoms with E-state index in [9.17, 15) is 18.0 Å². The van der Waals surface area contributed by atoms with Gasteiger partial charge in [-0.15, -0.1) is 35.1 Å². The number of carbonyl (C=O) groups is 1. The van der Waals surface area contributed by atoms with Crippen molar-refractivity contribution in [2.45, 2.75) is 38.5 Å². The van der Waals surface area contributed by atoms with Crippen LogP contribution in [0, 0.1) is 0 Å². The average molecular weight is 578 g/mol. The van der Waals surface area contributed by atoms with E-state index in [2.05, 4.69) is 44.9 Å². The number of halogens is 3. The number of alkyl halides is 3. The molecule has 0 spiro atoms. The third-order valence-electron chi connectivity index (χ3n) is 6.46. The molecule has 0 saturated carbocycles. The zero-order chi connectivity index (χ0) is 29.0. The van der Waals surface area contributed by atoms with E-state index in [4.69, 9.17) is 0 Å². The van der Waals surface area contributed by atoms with Crippen LogP contribution in [-0.2, 0) is 4.79 Å². The van der Waals surface area contributed by atoms with Crippen LogP contribution >= 0.6 is 11.8 Å². The van der Waals surface area contributed by atoms with E-state index in [1.54, 1.807) is 18.0 Å². The van der Waals surface area contributed by atoms with Gasteiger partial charge in [-0.25, -0.2) is 9.67 Å². The maximum atomic E-state index is 12.9. The molecule has 1 saturated heterocycles. The molecule has 7 nitrogen and oxygen atoms in total. The number of nitrogens with zero attached hydrogens (tertiary/aromatic N) is 5. The first-order valence-electron chi connectivity index (χ1n) is 12.9. The van der Waals surface area contributed by atoms with Crippen LogP contribution in [0.4, 0.5) is 13.2 Å². The van der Waals surface area contributed by atoms with Gasteiger partial charge in [0.2, 0.25) is 0 Å². The second-order valence-electron chi connectivity index (χ2n) is 9.64.